The summed E-state index contributed by atoms with van der Waals surface area (Å²) in [5.41, 5.74) is 7.45. The van der Waals surface area contributed by atoms with E-state index in [0.717, 1.165) is 22.1 Å². The molecule has 0 bridgehead atoms. The Bertz CT molecular complexity index is 913. The number of benzene rings is 1. The largest absolute Gasteiger partial charge is 0.368 e. The molecule has 1 amide bonds. The summed E-state index contributed by atoms with van der Waals surface area (Å²) in [6.07, 6.45) is 0.790. The molecule has 1 aliphatic rings. The van der Waals surface area contributed by atoms with E-state index >= 15 is 0 Å². The highest BCUT2D eigenvalue weighted by molar-refractivity contribution is 5.82. The second-order valence-corrected chi connectivity index (χ2v) is 6.10. The van der Waals surface area contributed by atoms with Crippen molar-refractivity contribution in [2.75, 3.05) is 6.54 Å². The van der Waals surface area contributed by atoms with Gasteiger partial charge in [0.25, 0.3) is 5.56 Å². The molecule has 24 heavy (non-hydrogen) atoms. The lowest BCUT2D eigenvalue weighted by Crippen LogP contribution is -2.44. The van der Waals surface area contributed by atoms with Crippen molar-refractivity contribution in [1.29, 1.82) is 0 Å². The van der Waals surface area contributed by atoms with Gasteiger partial charge in [-0.1, -0.05) is 24.3 Å². The molecule has 7 nitrogen and oxygen atoms in total. The molecule has 0 radical (unpaired) electrons. The molecule has 3 rings (SSSR count). The molecule has 0 aliphatic carbocycles. The highest BCUT2D eigenvalue weighted by Gasteiger charge is 2.31. The van der Waals surface area contributed by atoms with Gasteiger partial charge in [0.1, 0.15) is 6.04 Å². The normalized spacial score (nSPS) is 17.5. The Morgan fingerprint density at radius 2 is 1.92 bits per heavy atom. The number of carbonyl (C=O) groups excluding carboxylic acids is 1. The summed E-state index contributed by atoms with van der Waals surface area (Å²) in [6, 6.07) is 8.59. The van der Waals surface area contributed by atoms with E-state index in [1.165, 1.54) is 17.7 Å². The third-order valence-corrected chi connectivity index (χ3v) is 4.64. The van der Waals surface area contributed by atoms with E-state index in [4.69, 9.17) is 5.73 Å². The van der Waals surface area contributed by atoms with Crippen LogP contribution in [-0.4, -0.2) is 26.5 Å². The molecule has 126 valence electrons. The molecule has 0 saturated carbocycles. The van der Waals surface area contributed by atoms with Crippen molar-refractivity contribution in [1.82, 2.24) is 14.0 Å². The maximum atomic E-state index is 12.1. The monoisotopic (exact) mass is 328 g/mol. The summed E-state index contributed by atoms with van der Waals surface area (Å²) in [5.74, 6) is -0.434. The maximum absolute atomic E-state index is 12.1. The quantitative estimate of drug-likeness (QED) is 0.835. The molecule has 1 aromatic carbocycles. The second-order valence-electron chi connectivity index (χ2n) is 6.10. The van der Waals surface area contributed by atoms with Crippen LogP contribution in [0.25, 0.3) is 0 Å². The Hall–Kier alpha value is -2.67. The summed E-state index contributed by atoms with van der Waals surface area (Å²) in [5, 5.41) is 0. The van der Waals surface area contributed by atoms with E-state index < -0.39 is 11.9 Å². The van der Waals surface area contributed by atoms with E-state index in [2.05, 4.69) is 0 Å². The number of nitrogens with two attached hydrogens (primary N) is 1. The molecule has 1 aliphatic heterocycles. The van der Waals surface area contributed by atoms with Gasteiger partial charge in [-0.2, -0.15) is 0 Å². The van der Waals surface area contributed by atoms with Gasteiger partial charge in [-0.25, -0.2) is 4.79 Å². The first-order chi connectivity index (χ1) is 11.4. The van der Waals surface area contributed by atoms with Gasteiger partial charge in [-0.15, -0.1) is 0 Å². The molecule has 2 N–H and O–H groups in total. The van der Waals surface area contributed by atoms with E-state index in [-0.39, 0.29) is 11.2 Å². The number of primary amides is 1. The third kappa shape index (κ3) is 2.67. The summed E-state index contributed by atoms with van der Waals surface area (Å²) < 4.78 is 2.49. The van der Waals surface area contributed by atoms with E-state index in [1.54, 1.807) is 7.05 Å². The Balaban J connectivity index is 2.01. The third-order valence-electron chi connectivity index (χ3n) is 4.64. The van der Waals surface area contributed by atoms with Crippen LogP contribution in [0.15, 0.2) is 39.9 Å². The maximum Gasteiger partial charge on any atom is 0.330 e. The molecule has 7 heteroatoms. The summed E-state index contributed by atoms with van der Waals surface area (Å²) in [7, 11) is 3.06. The van der Waals surface area contributed by atoms with Crippen LogP contribution in [-0.2, 0) is 31.9 Å². The van der Waals surface area contributed by atoms with E-state index in [1.807, 2.05) is 29.2 Å². The fourth-order valence-corrected chi connectivity index (χ4v) is 3.26. The van der Waals surface area contributed by atoms with Gasteiger partial charge >= 0.3 is 5.69 Å². The average Bonchev–Trinajstić information content (AvgIpc) is 2.57. The van der Waals surface area contributed by atoms with Crippen LogP contribution in [0.3, 0.4) is 0 Å². The smallest absolute Gasteiger partial charge is 0.330 e. The zero-order valence-electron chi connectivity index (χ0n) is 13.7. The van der Waals surface area contributed by atoms with Crippen LogP contribution in [0.4, 0.5) is 0 Å². The van der Waals surface area contributed by atoms with Crippen molar-refractivity contribution < 1.29 is 4.79 Å². The van der Waals surface area contributed by atoms with Crippen molar-refractivity contribution in [2.24, 2.45) is 19.8 Å². The van der Waals surface area contributed by atoms with Gasteiger partial charge < -0.3 is 5.73 Å². The van der Waals surface area contributed by atoms with E-state index in [0.29, 0.717) is 18.8 Å². The molecule has 0 saturated heterocycles. The Labute approximate surface area is 138 Å². The standard InChI is InChI=1S/C17H20N4O3/c1-19-12(9-14(22)20(2)17(19)24)10-21-8-7-11-5-3-4-6-13(11)15(21)16(18)23/h3-6,9,15H,7-8,10H2,1-2H3,(H2,18,23)/t15-/m1/s1. The fourth-order valence-electron chi connectivity index (χ4n) is 3.26. The minimum absolute atomic E-state index is 0.309. The van der Waals surface area contributed by atoms with Crippen molar-refractivity contribution in [2.45, 2.75) is 19.0 Å². The lowest BCUT2D eigenvalue weighted by atomic mass is 9.92. The van der Waals surface area contributed by atoms with Crippen molar-refractivity contribution >= 4 is 5.91 Å². The highest BCUT2D eigenvalue weighted by atomic mass is 16.2. The lowest BCUT2D eigenvalue weighted by molar-refractivity contribution is -0.124. The summed E-state index contributed by atoms with van der Waals surface area (Å²) in [6.45, 7) is 0.942. The van der Waals surface area contributed by atoms with Gasteiger partial charge in [-0.05, 0) is 17.5 Å². The predicted molar refractivity (Wildman–Crippen MR) is 89.4 cm³/mol. The molecular formula is C17H20N4O3. The number of aromatic nitrogens is 2. The zero-order valence-corrected chi connectivity index (χ0v) is 13.7. The Morgan fingerprint density at radius 3 is 2.62 bits per heavy atom. The van der Waals surface area contributed by atoms with Crippen LogP contribution in [0.2, 0.25) is 0 Å². The molecule has 2 aromatic rings. The summed E-state index contributed by atoms with van der Waals surface area (Å²) in [4.78, 5) is 37.9. The molecule has 0 spiro atoms. The van der Waals surface area contributed by atoms with Crippen molar-refractivity contribution in [3.8, 4) is 0 Å². The number of amides is 1. The number of nitrogens with zero attached hydrogens (tertiary/aromatic N) is 3. The van der Waals surface area contributed by atoms with Crippen molar-refractivity contribution in [3.63, 3.8) is 0 Å². The number of carbonyl (C=O) groups is 1. The van der Waals surface area contributed by atoms with Crippen LogP contribution in [0.1, 0.15) is 22.9 Å². The van der Waals surface area contributed by atoms with Crippen molar-refractivity contribution in [3.05, 3.63) is 68.0 Å². The molecular weight excluding hydrogens is 308 g/mol. The predicted octanol–water partition coefficient (Wildman–Crippen LogP) is -0.331. The lowest BCUT2D eigenvalue weighted by Gasteiger charge is -2.35. The number of hydrogen-bond donors (Lipinski definition) is 1. The Morgan fingerprint density at radius 1 is 1.21 bits per heavy atom. The van der Waals surface area contributed by atoms with Crippen LogP contribution in [0.5, 0.6) is 0 Å². The van der Waals surface area contributed by atoms with E-state index in [9.17, 15) is 14.4 Å². The first-order valence-corrected chi connectivity index (χ1v) is 7.77. The molecule has 0 fully saturated rings. The number of hydrogen-bond acceptors (Lipinski definition) is 4. The van der Waals surface area contributed by atoms with Crippen LogP contribution < -0.4 is 17.0 Å². The minimum atomic E-state index is -0.561. The molecule has 1 atom stereocenters. The highest BCUT2D eigenvalue weighted by Crippen LogP contribution is 2.30. The van der Waals surface area contributed by atoms with Gasteiger partial charge in [0, 0.05) is 38.9 Å². The van der Waals surface area contributed by atoms with Gasteiger partial charge in [0.15, 0.2) is 0 Å². The first kappa shape index (κ1) is 16.2. The fraction of sp³-hybridized carbons (Fsp3) is 0.353. The zero-order chi connectivity index (χ0) is 17.4. The molecule has 0 unspecified atom stereocenters. The van der Waals surface area contributed by atoms with Crippen LogP contribution >= 0.6 is 0 Å². The van der Waals surface area contributed by atoms with Gasteiger partial charge in [-0.3, -0.25) is 23.6 Å². The van der Waals surface area contributed by atoms with Gasteiger partial charge in [0.2, 0.25) is 5.91 Å². The average molecular weight is 328 g/mol. The van der Waals surface area contributed by atoms with Gasteiger partial charge in [0.05, 0.1) is 0 Å². The molecule has 1 aromatic heterocycles. The molecule has 2 heterocycles. The minimum Gasteiger partial charge on any atom is -0.368 e. The summed E-state index contributed by atoms with van der Waals surface area (Å²) >= 11 is 0. The Kier molecular flexibility index (Phi) is 4.11. The topological polar surface area (TPSA) is 90.3 Å². The number of fused-ring (bicyclic) bond motifs is 1. The number of rotatable bonds is 3. The van der Waals surface area contributed by atoms with Crippen LogP contribution in [0, 0.1) is 0 Å². The SMILES string of the molecule is Cn1c(CN2CCc3ccccc3[C@@H]2C(N)=O)cc(=O)n(C)c1=O. The second kappa shape index (κ2) is 6.09. The first-order valence-electron chi connectivity index (χ1n) is 7.77.